The van der Waals surface area contributed by atoms with E-state index in [1.807, 2.05) is 51.1 Å². The van der Waals surface area contributed by atoms with Crippen LogP contribution in [0, 0.1) is 11.3 Å². The highest BCUT2D eigenvalue weighted by Gasteiger charge is 2.29. The molecule has 27 heavy (non-hydrogen) atoms. The zero-order valence-corrected chi connectivity index (χ0v) is 15.9. The molecular formula is C22H24N2O3. The van der Waals surface area contributed by atoms with Gasteiger partial charge in [0, 0.05) is 5.92 Å². The van der Waals surface area contributed by atoms with Gasteiger partial charge >= 0.3 is 6.09 Å². The summed E-state index contributed by atoms with van der Waals surface area (Å²) in [6.45, 7) is 6.03. The lowest BCUT2D eigenvalue weighted by atomic mass is 9.98. The van der Waals surface area contributed by atoms with Crippen LogP contribution in [0.2, 0.25) is 0 Å². The Balaban J connectivity index is 1.63. The predicted molar refractivity (Wildman–Crippen MR) is 103 cm³/mol. The van der Waals surface area contributed by atoms with Crippen molar-refractivity contribution in [3.05, 3.63) is 59.7 Å². The van der Waals surface area contributed by atoms with Gasteiger partial charge in [0.1, 0.15) is 12.6 Å². The van der Waals surface area contributed by atoms with E-state index in [2.05, 4.69) is 29.6 Å². The molecule has 5 nitrogen and oxygen atoms in total. The van der Waals surface area contributed by atoms with Crippen LogP contribution in [0.1, 0.15) is 37.8 Å². The summed E-state index contributed by atoms with van der Waals surface area (Å²) in [4.78, 5) is 12.2. The summed E-state index contributed by atoms with van der Waals surface area (Å²) in [6.07, 6.45) is -0.610. The molecule has 1 aliphatic rings. The monoisotopic (exact) mass is 364 g/mol. The third kappa shape index (κ3) is 4.47. The van der Waals surface area contributed by atoms with E-state index in [0.29, 0.717) is 0 Å². The lowest BCUT2D eigenvalue weighted by molar-refractivity contribution is -0.00829. The summed E-state index contributed by atoms with van der Waals surface area (Å²) in [5.74, 6) is -0.00508. The number of nitrogens with zero attached hydrogens (tertiary/aromatic N) is 1. The van der Waals surface area contributed by atoms with Gasteiger partial charge in [-0.25, -0.2) is 4.79 Å². The van der Waals surface area contributed by atoms with Crippen molar-refractivity contribution in [2.75, 3.05) is 13.2 Å². The van der Waals surface area contributed by atoms with Crippen molar-refractivity contribution in [1.29, 1.82) is 5.26 Å². The Hall–Kier alpha value is -2.84. The lowest BCUT2D eigenvalue weighted by Crippen LogP contribution is -2.40. The van der Waals surface area contributed by atoms with Crippen LogP contribution in [0.15, 0.2) is 48.5 Å². The zero-order chi connectivity index (χ0) is 19.4. The van der Waals surface area contributed by atoms with Gasteiger partial charge in [0.25, 0.3) is 0 Å². The molecule has 1 unspecified atom stereocenters. The molecule has 5 heteroatoms. The first-order valence-corrected chi connectivity index (χ1v) is 9.04. The third-order valence-corrected chi connectivity index (χ3v) is 4.47. The Bertz CT molecular complexity index is 819. The molecule has 2 aromatic rings. The van der Waals surface area contributed by atoms with Gasteiger partial charge in [0.2, 0.25) is 0 Å². The normalized spacial score (nSPS) is 14.0. The molecule has 1 atom stereocenters. The van der Waals surface area contributed by atoms with Gasteiger partial charge in [0.15, 0.2) is 0 Å². The predicted octanol–water partition coefficient (Wildman–Crippen LogP) is 4.23. The number of ether oxygens (including phenoxy) is 2. The number of rotatable bonds is 5. The van der Waals surface area contributed by atoms with E-state index >= 15 is 0 Å². The van der Waals surface area contributed by atoms with Crippen LogP contribution in [0.4, 0.5) is 4.79 Å². The summed E-state index contributed by atoms with van der Waals surface area (Å²) in [6, 6.07) is 17.6. The minimum absolute atomic E-state index is 0.00508. The highest BCUT2D eigenvalue weighted by Crippen LogP contribution is 2.44. The maximum atomic E-state index is 12.2. The fraction of sp³-hybridized carbons (Fsp3) is 0.364. The molecule has 0 heterocycles. The number of alkyl carbamates (subject to hydrolysis) is 1. The molecule has 0 radical (unpaired) electrons. The number of carbonyl (C=O) groups is 1. The van der Waals surface area contributed by atoms with E-state index < -0.39 is 12.1 Å². The fourth-order valence-electron chi connectivity index (χ4n) is 3.23. The highest BCUT2D eigenvalue weighted by molar-refractivity contribution is 5.79. The second kappa shape index (κ2) is 7.81. The number of hydrogen-bond acceptors (Lipinski definition) is 4. The standard InChI is InChI=1S/C22H24N2O3/c1-22(2,3)27-13-15(12-23)24-21(25)26-14-20-18-10-6-4-8-16(18)17-9-5-7-11-19(17)20/h4-11,15,20H,13-14H2,1-3H3,(H,24,25). The molecular weight excluding hydrogens is 340 g/mol. The van der Waals surface area contributed by atoms with Crippen LogP contribution in [-0.2, 0) is 9.47 Å². The molecule has 140 valence electrons. The SMILES string of the molecule is CC(C)(C)OCC(C#N)NC(=O)OCC1c2ccccc2-c2ccccc21. The van der Waals surface area contributed by atoms with Gasteiger partial charge in [-0.3, -0.25) is 0 Å². The Labute approximate surface area is 159 Å². The van der Waals surface area contributed by atoms with Gasteiger partial charge in [-0.1, -0.05) is 48.5 Å². The Morgan fingerprint density at radius 3 is 2.19 bits per heavy atom. The largest absolute Gasteiger partial charge is 0.449 e. The molecule has 0 saturated heterocycles. The van der Waals surface area contributed by atoms with E-state index in [0.717, 1.165) is 11.1 Å². The van der Waals surface area contributed by atoms with Crippen molar-refractivity contribution in [2.24, 2.45) is 0 Å². The smallest absolute Gasteiger partial charge is 0.408 e. The first-order chi connectivity index (χ1) is 12.9. The number of amides is 1. The zero-order valence-electron chi connectivity index (χ0n) is 15.9. The molecule has 2 aromatic carbocycles. The Kier molecular flexibility index (Phi) is 5.48. The second-order valence-electron chi connectivity index (χ2n) is 7.57. The molecule has 0 spiro atoms. The molecule has 1 N–H and O–H groups in total. The summed E-state index contributed by atoms with van der Waals surface area (Å²) in [7, 11) is 0. The van der Waals surface area contributed by atoms with Gasteiger partial charge in [-0.2, -0.15) is 5.26 Å². The molecule has 0 aliphatic heterocycles. The van der Waals surface area contributed by atoms with Gasteiger partial charge < -0.3 is 14.8 Å². The quantitative estimate of drug-likeness (QED) is 0.862. The number of nitrogens with one attached hydrogen (secondary N) is 1. The van der Waals surface area contributed by atoms with Crippen molar-refractivity contribution in [3.8, 4) is 17.2 Å². The number of hydrogen-bond donors (Lipinski definition) is 1. The van der Waals surface area contributed by atoms with E-state index in [-0.39, 0.29) is 24.7 Å². The van der Waals surface area contributed by atoms with Crippen LogP contribution in [0.25, 0.3) is 11.1 Å². The maximum absolute atomic E-state index is 12.2. The van der Waals surface area contributed by atoms with Crippen molar-refractivity contribution >= 4 is 6.09 Å². The average Bonchev–Trinajstić information content (AvgIpc) is 2.97. The third-order valence-electron chi connectivity index (χ3n) is 4.47. The molecule has 0 fully saturated rings. The molecule has 1 aliphatic carbocycles. The second-order valence-corrected chi connectivity index (χ2v) is 7.57. The van der Waals surface area contributed by atoms with Gasteiger partial charge in [-0.15, -0.1) is 0 Å². The van der Waals surface area contributed by atoms with Crippen molar-refractivity contribution in [2.45, 2.75) is 38.3 Å². The molecule has 3 rings (SSSR count). The summed E-state index contributed by atoms with van der Waals surface area (Å²) in [5.41, 5.74) is 4.28. The first kappa shape index (κ1) is 18.9. The Morgan fingerprint density at radius 2 is 1.67 bits per heavy atom. The molecule has 1 amide bonds. The van der Waals surface area contributed by atoms with Crippen LogP contribution in [-0.4, -0.2) is 30.9 Å². The van der Waals surface area contributed by atoms with Crippen molar-refractivity contribution < 1.29 is 14.3 Å². The minimum atomic E-state index is -0.750. The average molecular weight is 364 g/mol. The van der Waals surface area contributed by atoms with Gasteiger partial charge in [-0.05, 0) is 43.0 Å². The maximum Gasteiger partial charge on any atom is 0.408 e. The summed E-state index contributed by atoms with van der Waals surface area (Å²) < 4.78 is 11.0. The topological polar surface area (TPSA) is 71.3 Å². The van der Waals surface area contributed by atoms with E-state index in [1.54, 1.807) is 0 Å². The van der Waals surface area contributed by atoms with Crippen LogP contribution >= 0.6 is 0 Å². The molecule has 0 bridgehead atoms. The van der Waals surface area contributed by atoms with Gasteiger partial charge in [0.05, 0.1) is 18.3 Å². The number of nitriles is 1. The summed E-state index contributed by atoms with van der Waals surface area (Å²) >= 11 is 0. The van der Waals surface area contributed by atoms with Crippen molar-refractivity contribution in [3.63, 3.8) is 0 Å². The van der Waals surface area contributed by atoms with E-state index in [1.165, 1.54) is 11.1 Å². The molecule has 0 aromatic heterocycles. The number of carbonyl (C=O) groups excluding carboxylic acids is 1. The van der Waals surface area contributed by atoms with Crippen LogP contribution in [0.3, 0.4) is 0 Å². The Morgan fingerprint density at radius 1 is 1.11 bits per heavy atom. The van der Waals surface area contributed by atoms with E-state index in [4.69, 9.17) is 9.47 Å². The molecule has 0 saturated carbocycles. The summed E-state index contributed by atoms with van der Waals surface area (Å²) in [5, 5.41) is 11.8. The minimum Gasteiger partial charge on any atom is -0.449 e. The van der Waals surface area contributed by atoms with E-state index in [9.17, 15) is 10.1 Å². The fourth-order valence-corrected chi connectivity index (χ4v) is 3.23. The highest BCUT2D eigenvalue weighted by atomic mass is 16.5. The van der Waals surface area contributed by atoms with Crippen LogP contribution in [0.5, 0.6) is 0 Å². The lowest BCUT2D eigenvalue weighted by Gasteiger charge is -2.22. The first-order valence-electron chi connectivity index (χ1n) is 9.04. The van der Waals surface area contributed by atoms with Crippen molar-refractivity contribution in [1.82, 2.24) is 5.32 Å². The number of fused-ring (bicyclic) bond motifs is 3. The van der Waals surface area contributed by atoms with Crippen LogP contribution < -0.4 is 5.32 Å². The number of benzene rings is 2.